The molecule has 2 amide bonds. The van der Waals surface area contributed by atoms with Gasteiger partial charge in [-0.15, -0.1) is 0 Å². The highest BCUT2D eigenvalue weighted by Crippen LogP contribution is 2.14. The third-order valence-electron chi connectivity index (χ3n) is 4.89. The first-order chi connectivity index (χ1) is 16.1. The maximum Gasteiger partial charge on any atom is 0.429 e. The summed E-state index contributed by atoms with van der Waals surface area (Å²) in [5.41, 5.74) is 4.39. The van der Waals surface area contributed by atoms with E-state index in [0.717, 1.165) is 16.1 Å². The van der Waals surface area contributed by atoms with E-state index in [1.165, 1.54) is 0 Å². The summed E-state index contributed by atoms with van der Waals surface area (Å²) < 4.78 is 10.6. The van der Waals surface area contributed by atoms with Gasteiger partial charge in [-0.05, 0) is 17.5 Å². The van der Waals surface area contributed by atoms with Crippen molar-refractivity contribution in [3.05, 3.63) is 108 Å². The fourth-order valence-corrected chi connectivity index (χ4v) is 3.17. The summed E-state index contributed by atoms with van der Waals surface area (Å²) in [4.78, 5) is 38.5. The van der Waals surface area contributed by atoms with Crippen LogP contribution in [0.25, 0.3) is 0 Å². The summed E-state index contributed by atoms with van der Waals surface area (Å²) in [5.74, 6) is -0.321. The molecule has 3 aromatic rings. The van der Waals surface area contributed by atoms with Gasteiger partial charge in [0.1, 0.15) is 19.3 Å². The van der Waals surface area contributed by atoms with Crippen LogP contribution >= 0.6 is 0 Å². The van der Waals surface area contributed by atoms with Gasteiger partial charge >= 0.3 is 12.2 Å². The lowest BCUT2D eigenvalue weighted by Gasteiger charge is -2.29. The lowest BCUT2D eigenvalue weighted by molar-refractivity contribution is 0.0414. The minimum atomic E-state index is -0.972. The third-order valence-corrected chi connectivity index (χ3v) is 4.89. The number of hydrazine groups is 1. The van der Waals surface area contributed by atoms with Crippen molar-refractivity contribution >= 4 is 18.0 Å². The predicted octanol–water partition coefficient (Wildman–Crippen LogP) is 5.13. The molecular weight excluding hydrogens is 420 g/mol. The van der Waals surface area contributed by atoms with Gasteiger partial charge in [0, 0.05) is 5.56 Å². The second kappa shape index (κ2) is 12.0. The number of nitrogens with one attached hydrogen (secondary N) is 1. The van der Waals surface area contributed by atoms with Crippen LogP contribution in [0.2, 0.25) is 0 Å². The number of nitrogens with zero attached hydrogens (tertiary/aromatic N) is 1. The molecule has 0 aromatic heterocycles. The highest BCUT2D eigenvalue weighted by molar-refractivity contribution is 6.01. The monoisotopic (exact) mass is 446 g/mol. The smallest absolute Gasteiger partial charge is 0.429 e. The molecule has 1 N–H and O–H groups in total. The molecular formula is C26H26N2O5. The number of benzene rings is 3. The van der Waals surface area contributed by atoms with Crippen LogP contribution in [0.5, 0.6) is 0 Å². The average molecular weight is 447 g/mol. The van der Waals surface area contributed by atoms with Gasteiger partial charge in [0.2, 0.25) is 0 Å². The van der Waals surface area contributed by atoms with E-state index in [2.05, 4.69) is 5.43 Å². The van der Waals surface area contributed by atoms with E-state index in [1.54, 1.807) is 37.3 Å². The van der Waals surface area contributed by atoms with Gasteiger partial charge in [-0.25, -0.2) is 20.0 Å². The molecule has 7 heteroatoms. The Balaban J connectivity index is 1.74. The van der Waals surface area contributed by atoms with Gasteiger partial charge in [0.05, 0.1) is 0 Å². The van der Waals surface area contributed by atoms with Gasteiger partial charge < -0.3 is 9.47 Å². The highest BCUT2D eigenvalue weighted by atomic mass is 16.6. The van der Waals surface area contributed by atoms with E-state index < -0.39 is 18.2 Å². The zero-order valence-corrected chi connectivity index (χ0v) is 18.3. The predicted molar refractivity (Wildman–Crippen MR) is 123 cm³/mol. The van der Waals surface area contributed by atoms with Crippen LogP contribution in [0, 0.1) is 0 Å². The molecule has 0 aliphatic carbocycles. The maximum absolute atomic E-state index is 13.1. The Hall–Kier alpha value is -4.13. The molecule has 0 fully saturated rings. The largest absolute Gasteiger partial charge is 0.443 e. The molecule has 3 aromatic carbocycles. The molecule has 3 rings (SSSR count). The van der Waals surface area contributed by atoms with Crippen LogP contribution in [0.4, 0.5) is 9.59 Å². The molecule has 0 saturated heterocycles. The quantitative estimate of drug-likeness (QED) is 0.383. The molecule has 0 heterocycles. The van der Waals surface area contributed by atoms with Crippen LogP contribution in [0.3, 0.4) is 0 Å². The van der Waals surface area contributed by atoms with Crippen molar-refractivity contribution in [2.75, 3.05) is 0 Å². The number of ketones is 1. The van der Waals surface area contributed by atoms with E-state index in [-0.39, 0.29) is 25.4 Å². The Bertz CT molecular complexity index is 1040. The molecule has 0 aliphatic rings. The summed E-state index contributed by atoms with van der Waals surface area (Å²) in [5, 5.41) is 0.908. The fraction of sp³-hybridized carbons (Fsp3) is 0.192. The second-order valence-electron chi connectivity index (χ2n) is 7.24. The van der Waals surface area contributed by atoms with Crippen LogP contribution in [0.15, 0.2) is 91.0 Å². The number of ether oxygens (including phenoxy) is 2. The number of Topliss-reactive ketones (excluding diaryl/α,β-unsaturated/α-hetero) is 1. The Labute approximate surface area is 192 Å². The summed E-state index contributed by atoms with van der Waals surface area (Å²) >= 11 is 0. The Morgan fingerprint density at radius 3 is 1.76 bits per heavy atom. The zero-order valence-electron chi connectivity index (χ0n) is 18.3. The first-order valence-corrected chi connectivity index (χ1v) is 10.6. The van der Waals surface area contributed by atoms with E-state index in [1.807, 2.05) is 60.7 Å². The molecule has 0 bridgehead atoms. The summed E-state index contributed by atoms with van der Waals surface area (Å²) in [6, 6.07) is 25.9. The van der Waals surface area contributed by atoms with Crippen LogP contribution in [-0.4, -0.2) is 29.0 Å². The Morgan fingerprint density at radius 2 is 1.24 bits per heavy atom. The molecule has 0 saturated carbocycles. The molecule has 33 heavy (non-hydrogen) atoms. The van der Waals surface area contributed by atoms with Crippen LogP contribution in [-0.2, 0) is 22.7 Å². The van der Waals surface area contributed by atoms with Gasteiger partial charge in [-0.1, -0.05) is 97.9 Å². The first-order valence-electron chi connectivity index (χ1n) is 10.6. The summed E-state index contributed by atoms with van der Waals surface area (Å²) in [7, 11) is 0. The fourth-order valence-electron chi connectivity index (χ4n) is 3.17. The van der Waals surface area contributed by atoms with Crippen molar-refractivity contribution in [3.63, 3.8) is 0 Å². The molecule has 0 radical (unpaired) electrons. The molecule has 0 aliphatic heterocycles. The summed E-state index contributed by atoms with van der Waals surface area (Å²) in [6.07, 6.45) is -1.46. The van der Waals surface area contributed by atoms with Crippen molar-refractivity contribution in [2.45, 2.75) is 32.6 Å². The lowest BCUT2D eigenvalue weighted by atomic mass is 10.0. The molecule has 170 valence electrons. The average Bonchev–Trinajstić information content (AvgIpc) is 2.87. The molecule has 1 atom stereocenters. The summed E-state index contributed by atoms with van der Waals surface area (Å²) in [6.45, 7) is 1.76. The normalized spacial score (nSPS) is 11.2. The third kappa shape index (κ3) is 6.93. The lowest BCUT2D eigenvalue weighted by Crippen LogP contribution is -2.54. The first kappa shape index (κ1) is 23.5. The zero-order chi connectivity index (χ0) is 23.5. The SMILES string of the molecule is CCC(C(=O)c1ccccc1)N(NC(=O)OCc1ccccc1)C(=O)OCc1ccccc1. The van der Waals surface area contributed by atoms with Crippen molar-refractivity contribution < 1.29 is 23.9 Å². The van der Waals surface area contributed by atoms with Crippen molar-refractivity contribution in [2.24, 2.45) is 0 Å². The van der Waals surface area contributed by atoms with Crippen LogP contribution < -0.4 is 5.43 Å². The van der Waals surface area contributed by atoms with Crippen molar-refractivity contribution in [3.8, 4) is 0 Å². The Morgan fingerprint density at radius 1 is 0.758 bits per heavy atom. The number of carbonyl (C=O) groups is 3. The second-order valence-corrected chi connectivity index (χ2v) is 7.24. The topological polar surface area (TPSA) is 84.9 Å². The van der Waals surface area contributed by atoms with Gasteiger partial charge in [0.25, 0.3) is 0 Å². The standard InChI is InChI=1S/C26H26N2O5/c1-2-23(24(29)22-16-10-5-11-17-22)28(26(31)33-19-21-14-8-4-9-15-21)27-25(30)32-18-20-12-6-3-7-13-20/h3-17,23H,2,18-19H2,1H3,(H,27,30). The van der Waals surface area contributed by atoms with E-state index in [9.17, 15) is 14.4 Å². The van der Waals surface area contributed by atoms with E-state index in [0.29, 0.717) is 5.56 Å². The van der Waals surface area contributed by atoms with Crippen LogP contribution in [0.1, 0.15) is 34.8 Å². The molecule has 7 nitrogen and oxygen atoms in total. The van der Waals surface area contributed by atoms with Gasteiger partial charge in [-0.2, -0.15) is 0 Å². The van der Waals surface area contributed by atoms with Gasteiger partial charge in [-0.3, -0.25) is 4.79 Å². The molecule has 1 unspecified atom stereocenters. The van der Waals surface area contributed by atoms with E-state index in [4.69, 9.17) is 9.47 Å². The molecule has 0 spiro atoms. The number of hydrogen-bond acceptors (Lipinski definition) is 5. The minimum Gasteiger partial charge on any atom is -0.443 e. The highest BCUT2D eigenvalue weighted by Gasteiger charge is 2.32. The minimum absolute atomic E-state index is 0.00707. The van der Waals surface area contributed by atoms with Crippen molar-refractivity contribution in [1.29, 1.82) is 0 Å². The Kier molecular flexibility index (Phi) is 8.59. The number of rotatable bonds is 8. The number of carbonyl (C=O) groups excluding carboxylic acids is 3. The van der Waals surface area contributed by atoms with Crippen molar-refractivity contribution in [1.82, 2.24) is 10.4 Å². The van der Waals surface area contributed by atoms with E-state index >= 15 is 0 Å². The maximum atomic E-state index is 13.1. The number of hydrogen-bond donors (Lipinski definition) is 1. The van der Waals surface area contributed by atoms with Gasteiger partial charge in [0.15, 0.2) is 5.78 Å². The number of amides is 2.